The number of rotatable bonds is 4. The van der Waals surface area contributed by atoms with Crippen molar-refractivity contribution in [2.75, 3.05) is 0 Å². The van der Waals surface area contributed by atoms with E-state index in [9.17, 15) is 31.5 Å². The number of imidazole rings is 1. The number of benzene rings is 2. The van der Waals surface area contributed by atoms with E-state index in [1.807, 2.05) is 0 Å². The smallest absolute Gasteiger partial charge is 0.326 e. The zero-order valence-corrected chi connectivity index (χ0v) is 22.4. The average Bonchev–Trinajstić information content (AvgIpc) is 3.59. The summed E-state index contributed by atoms with van der Waals surface area (Å²) < 4.78 is 73.5. The maximum Gasteiger partial charge on any atom is 0.326 e. The molecule has 220 valence electrons. The number of nitrogens with one attached hydrogen (secondary N) is 1. The van der Waals surface area contributed by atoms with Gasteiger partial charge in [0.15, 0.2) is 34.8 Å². The van der Waals surface area contributed by atoms with Crippen molar-refractivity contribution in [1.29, 1.82) is 0 Å². The maximum atomic E-state index is 14.8. The van der Waals surface area contributed by atoms with Crippen LogP contribution in [-0.2, 0) is 0 Å². The van der Waals surface area contributed by atoms with E-state index in [-0.39, 0.29) is 34.5 Å². The second-order valence-electron chi connectivity index (χ2n) is 10.9. The third kappa shape index (κ3) is 4.41. The van der Waals surface area contributed by atoms with E-state index < -0.39 is 46.7 Å². The molecule has 2 unspecified atom stereocenters. The van der Waals surface area contributed by atoms with Crippen LogP contribution in [0.3, 0.4) is 0 Å². The SMILES string of the molecule is O=C(c1cc(-c2cccnc2)n(-c2cc(F)c(F)c(F)c2)n1)N1C2CCCC1CC(n1c(=O)[nH]c3ccc(F)c(F)c31)C2. The molecule has 8 nitrogen and oxygen atoms in total. The number of H-pyrrole nitrogens is 1. The van der Waals surface area contributed by atoms with Crippen molar-refractivity contribution in [2.45, 2.75) is 50.2 Å². The van der Waals surface area contributed by atoms with Crippen molar-refractivity contribution in [1.82, 2.24) is 29.2 Å². The fourth-order valence-electron chi connectivity index (χ4n) is 6.60. The summed E-state index contributed by atoms with van der Waals surface area (Å²) in [4.78, 5) is 35.3. The summed E-state index contributed by atoms with van der Waals surface area (Å²) in [6.07, 6.45) is 5.78. The molecule has 2 aromatic carbocycles. The van der Waals surface area contributed by atoms with E-state index in [0.29, 0.717) is 36.9 Å². The lowest BCUT2D eigenvalue weighted by Gasteiger charge is -2.48. The van der Waals surface area contributed by atoms with Crippen LogP contribution in [-0.4, -0.2) is 47.2 Å². The van der Waals surface area contributed by atoms with E-state index in [2.05, 4.69) is 15.1 Å². The number of pyridine rings is 1. The Hall–Kier alpha value is -4.81. The number of hydrogen-bond acceptors (Lipinski definition) is 4. The van der Waals surface area contributed by atoms with Gasteiger partial charge in [0, 0.05) is 48.2 Å². The number of aromatic nitrogens is 5. The molecule has 5 heterocycles. The highest BCUT2D eigenvalue weighted by Crippen LogP contribution is 2.41. The molecule has 5 aromatic rings. The van der Waals surface area contributed by atoms with Crippen LogP contribution in [0.5, 0.6) is 0 Å². The molecule has 3 aromatic heterocycles. The number of nitrogens with zero attached hydrogens (tertiary/aromatic N) is 5. The molecule has 1 amide bonds. The third-order valence-electron chi connectivity index (χ3n) is 8.42. The first-order chi connectivity index (χ1) is 20.7. The number of amides is 1. The van der Waals surface area contributed by atoms with Gasteiger partial charge in [-0.3, -0.25) is 14.3 Å². The van der Waals surface area contributed by atoms with Crippen LogP contribution in [0.2, 0.25) is 0 Å². The van der Waals surface area contributed by atoms with E-state index in [1.165, 1.54) is 33.8 Å². The Labute approximate surface area is 240 Å². The number of hydrogen-bond donors (Lipinski definition) is 1. The molecule has 0 saturated carbocycles. The van der Waals surface area contributed by atoms with Crippen molar-refractivity contribution >= 4 is 16.9 Å². The molecule has 2 fully saturated rings. The average molecular weight is 595 g/mol. The van der Waals surface area contributed by atoms with Crippen LogP contribution >= 0.6 is 0 Å². The fraction of sp³-hybridized carbons (Fsp3) is 0.267. The van der Waals surface area contributed by atoms with Crippen LogP contribution in [0.1, 0.15) is 48.6 Å². The quantitative estimate of drug-likeness (QED) is 0.215. The monoisotopic (exact) mass is 594 g/mol. The van der Waals surface area contributed by atoms with Gasteiger partial charge < -0.3 is 9.88 Å². The second-order valence-corrected chi connectivity index (χ2v) is 10.9. The largest absolute Gasteiger partial charge is 0.331 e. The molecule has 2 saturated heterocycles. The molecular weight excluding hydrogens is 571 g/mol. The van der Waals surface area contributed by atoms with Gasteiger partial charge in [0.25, 0.3) is 5.91 Å². The highest BCUT2D eigenvalue weighted by Gasteiger charge is 2.43. The Kier molecular flexibility index (Phi) is 6.40. The molecule has 0 radical (unpaired) electrons. The zero-order chi connectivity index (χ0) is 30.0. The number of aromatic amines is 1. The molecule has 7 rings (SSSR count). The van der Waals surface area contributed by atoms with Gasteiger partial charge in [-0.1, -0.05) is 0 Å². The van der Waals surface area contributed by atoms with E-state index in [1.54, 1.807) is 17.0 Å². The molecule has 2 aliphatic rings. The van der Waals surface area contributed by atoms with Crippen LogP contribution in [0.15, 0.2) is 59.7 Å². The first kappa shape index (κ1) is 27.0. The molecule has 13 heteroatoms. The standard InChI is InChI=1S/C30H23F5N6O2/c31-20-6-7-23-28(27(20)35)40(30(43)37-23)18-9-16-4-1-5-17(10-18)39(16)29(42)24-13-25(15-3-2-8-36-14-15)41(38-24)19-11-21(32)26(34)22(33)12-19/h2-3,6-8,11-14,16-18H,1,4-5,9-10H2,(H,37,43). The van der Waals surface area contributed by atoms with Crippen molar-refractivity contribution in [3.05, 3.63) is 100 Å². The van der Waals surface area contributed by atoms with E-state index in [0.717, 1.165) is 24.6 Å². The molecule has 2 aliphatic heterocycles. The van der Waals surface area contributed by atoms with Crippen molar-refractivity contribution < 1.29 is 26.7 Å². The Morgan fingerprint density at radius 3 is 2.28 bits per heavy atom. The normalized spacial score (nSPS) is 20.1. The van der Waals surface area contributed by atoms with Crippen LogP contribution in [0.4, 0.5) is 22.0 Å². The topological polar surface area (TPSA) is 88.8 Å². The molecule has 2 atom stereocenters. The summed E-state index contributed by atoms with van der Waals surface area (Å²) >= 11 is 0. The summed E-state index contributed by atoms with van der Waals surface area (Å²) in [6, 6.07) is 7.55. The minimum absolute atomic E-state index is 0.00304. The minimum Gasteiger partial charge on any atom is -0.331 e. The van der Waals surface area contributed by atoms with Crippen molar-refractivity contribution in [2.24, 2.45) is 0 Å². The van der Waals surface area contributed by atoms with Gasteiger partial charge in [-0.05, 0) is 62.4 Å². The predicted molar refractivity (Wildman–Crippen MR) is 145 cm³/mol. The first-order valence-electron chi connectivity index (χ1n) is 13.8. The predicted octanol–water partition coefficient (Wildman–Crippen LogP) is 5.67. The molecule has 2 bridgehead atoms. The fourth-order valence-corrected chi connectivity index (χ4v) is 6.60. The van der Waals surface area contributed by atoms with Gasteiger partial charge >= 0.3 is 5.69 Å². The lowest BCUT2D eigenvalue weighted by molar-refractivity contribution is 0.0157. The summed E-state index contributed by atoms with van der Waals surface area (Å²) in [5.41, 5.74) is 0.191. The summed E-state index contributed by atoms with van der Waals surface area (Å²) in [6.45, 7) is 0. The number of carbonyl (C=O) groups excluding carboxylic acids is 1. The van der Waals surface area contributed by atoms with E-state index in [4.69, 9.17) is 0 Å². The molecular formula is C30H23F5N6O2. The van der Waals surface area contributed by atoms with Gasteiger partial charge in [-0.25, -0.2) is 31.4 Å². The lowest BCUT2D eigenvalue weighted by Crippen LogP contribution is -2.55. The first-order valence-corrected chi connectivity index (χ1v) is 13.8. The molecule has 43 heavy (non-hydrogen) atoms. The Balaban J connectivity index is 1.26. The number of piperidine rings is 2. The molecule has 0 spiro atoms. The van der Waals surface area contributed by atoms with Gasteiger partial charge in [0.05, 0.1) is 16.9 Å². The highest BCUT2D eigenvalue weighted by atomic mass is 19.2. The number of fused-ring (bicyclic) bond motifs is 3. The Bertz CT molecular complexity index is 1910. The highest BCUT2D eigenvalue weighted by molar-refractivity contribution is 5.94. The number of carbonyl (C=O) groups is 1. The Morgan fingerprint density at radius 1 is 0.884 bits per heavy atom. The van der Waals surface area contributed by atoms with Crippen LogP contribution in [0, 0.1) is 29.1 Å². The summed E-state index contributed by atoms with van der Waals surface area (Å²) in [5, 5.41) is 4.41. The van der Waals surface area contributed by atoms with Crippen molar-refractivity contribution in [3.63, 3.8) is 0 Å². The van der Waals surface area contributed by atoms with Crippen LogP contribution < -0.4 is 5.69 Å². The summed E-state index contributed by atoms with van der Waals surface area (Å²) in [5.74, 6) is -7.03. The zero-order valence-electron chi connectivity index (χ0n) is 22.4. The van der Waals surface area contributed by atoms with E-state index >= 15 is 0 Å². The molecule has 0 aliphatic carbocycles. The van der Waals surface area contributed by atoms with Gasteiger partial charge in [-0.2, -0.15) is 5.10 Å². The number of halogens is 5. The second kappa shape index (κ2) is 10.2. The Morgan fingerprint density at radius 2 is 1.60 bits per heavy atom. The van der Waals surface area contributed by atoms with Gasteiger partial charge in [0.1, 0.15) is 5.52 Å². The van der Waals surface area contributed by atoms with Gasteiger partial charge in [-0.15, -0.1) is 0 Å². The third-order valence-corrected chi connectivity index (χ3v) is 8.42. The lowest BCUT2D eigenvalue weighted by atomic mass is 9.81. The molecule has 1 N–H and O–H groups in total. The van der Waals surface area contributed by atoms with Crippen molar-refractivity contribution in [3.8, 4) is 16.9 Å². The minimum atomic E-state index is -1.62. The summed E-state index contributed by atoms with van der Waals surface area (Å²) in [7, 11) is 0. The maximum absolute atomic E-state index is 14.8. The van der Waals surface area contributed by atoms with Gasteiger partial charge in [0.2, 0.25) is 0 Å². The van der Waals surface area contributed by atoms with Crippen LogP contribution in [0.25, 0.3) is 28.0 Å².